The molecule has 1 aliphatic rings. The predicted molar refractivity (Wildman–Crippen MR) is 83.9 cm³/mol. The SMILES string of the molecule is Fc1ccc(Oc2cccc(F)c2OCC2CCCNC2)cc1F. The van der Waals surface area contributed by atoms with Crippen molar-refractivity contribution in [2.24, 2.45) is 5.92 Å². The Morgan fingerprint density at radius 2 is 1.92 bits per heavy atom. The van der Waals surface area contributed by atoms with Gasteiger partial charge in [0.25, 0.3) is 0 Å². The number of para-hydroxylation sites is 1. The Morgan fingerprint density at radius 1 is 1.04 bits per heavy atom. The van der Waals surface area contributed by atoms with Gasteiger partial charge in [-0.2, -0.15) is 0 Å². The number of benzene rings is 2. The van der Waals surface area contributed by atoms with Gasteiger partial charge in [0.1, 0.15) is 5.75 Å². The van der Waals surface area contributed by atoms with Crippen LogP contribution in [0.25, 0.3) is 0 Å². The number of halogens is 3. The number of hydrogen-bond donors (Lipinski definition) is 1. The minimum Gasteiger partial charge on any atom is -0.487 e. The highest BCUT2D eigenvalue weighted by atomic mass is 19.2. The Bertz CT molecular complexity index is 703. The van der Waals surface area contributed by atoms with Crippen LogP contribution in [0.15, 0.2) is 36.4 Å². The first-order valence-electron chi connectivity index (χ1n) is 7.88. The molecule has 0 saturated carbocycles. The van der Waals surface area contributed by atoms with E-state index in [9.17, 15) is 13.2 Å². The molecule has 0 spiro atoms. The van der Waals surface area contributed by atoms with Gasteiger partial charge in [0.15, 0.2) is 29.0 Å². The lowest BCUT2D eigenvalue weighted by Crippen LogP contribution is -2.33. The van der Waals surface area contributed by atoms with Crippen LogP contribution in [0.5, 0.6) is 17.2 Å². The summed E-state index contributed by atoms with van der Waals surface area (Å²) in [7, 11) is 0. The second-order valence-electron chi connectivity index (χ2n) is 5.77. The van der Waals surface area contributed by atoms with Crippen molar-refractivity contribution in [1.29, 1.82) is 0 Å². The molecule has 0 radical (unpaired) electrons. The standard InChI is InChI=1S/C18H18F3NO2/c19-14-7-6-13(9-16(14)21)24-17-5-1-4-15(20)18(17)23-11-12-3-2-8-22-10-12/h1,4-7,9,12,22H,2-3,8,10-11H2. The second-order valence-corrected chi connectivity index (χ2v) is 5.77. The van der Waals surface area contributed by atoms with Gasteiger partial charge < -0.3 is 14.8 Å². The van der Waals surface area contributed by atoms with Gasteiger partial charge in [-0.25, -0.2) is 13.2 Å². The highest BCUT2D eigenvalue weighted by Crippen LogP contribution is 2.34. The molecule has 3 rings (SSSR count). The van der Waals surface area contributed by atoms with Crippen LogP contribution >= 0.6 is 0 Å². The Hall–Kier alpha value is -2.21. The fourth-order valence-corrected chi connectivity index (χ4v) is 2.64. The van der Waals surface area contributed by atoms with Crippen LogP contribution in [0.4, 0.5) is 13.2 Å². The van der Waals surface area contributed by atoms with E-state index < -0.39 is 17.5 Å². The fourth-order valence-electron chi connectivity index (χ4n) is 2.64. The normalized spacial score (nSPS) is 17.5. The van der Waals surface area contributed by atoms with Crippen molar-refractivity contribution in [3.8, 4) is 17.2 Å². The van der Waals surface area contributed by atoms with Crippen molar-refractivity contribution in [2.75, 3.05) is 19.7 Å². The molecule has 0 bridgehead atoms. The fraction of sp³-hybridized carbons (Fsp3) is 0.333. The molecule has 1 saturated heterocycles. The maximum atomic E-state index is 14.1. The average molecular weight is 337 g/mol. The Morgan fingerprint density at radius 3 is 2.67 bits per heavy atom. The molecule has 24 heavy (non-hydrogen) atoms. The number of ether oxygens (including phenoxy) is 2. The summed E-state index contributed by atoms with van der Waals surface area (Å²) in [6.07, 6.45) is 2.07. The molecular formula is C18H18F3NO2. The van der Waals surface area contributed by atoms with Crippen LogP contribution in [-0.2, 0) is 0 Å². The minimum absolute atomic E-state index is 0.0205. The van der Waals surface area contributed by atoms with Crippen molar-refractivity contribution in [2.45, 2.75) is 12.8 Å². The third-order valence-corrected chi connectivity index (χ3v) is 3.91. The van der Waals surface area contributed by atoms with E-state index in [-0.39, 0.29) is 17.2 Å². The Kier molecular flexibility index (Phi) is 5.25. The number of nitrogens with one attached hydrogen (secondary N) is 1. The first kappa shape index (κ1) is 16.6. The van der Waals surface area contributed by atoms with Gasteiger partial charge in [0, 0.05) is 18.5 Å². The van der Waals surface area contributed by atoms with Gasteiger partial charge in [0.2, 0.25) is 0 Å². The molecular weight excluding hydrogens is 319 g/mol. The third kappa shape index (κ3) is 4.00. The zero-order valence-corrected chi connectivity index (χ0v) is 13.0. The lowest BCUT2D eigenvalue weighted by Gasteiger charge is -2.23. The van der Waals surface area contributed by atoms with Gasteiger partial charge in [-0.3, -0.25) is 0 Å². The molecule has 128 valence electrons. The van der Waals surface area contributed by atoms with E-state index >= 15 is 0 Å². The lowest BCUT2D eigenvalue weighted by atomic mass is 10.0. The summed E-state index contributed by atoms with van der Waals surface area (Å²) in [6, 6.07) is 7.41. The molecule has 1 atom stereocenters. The van der Waals surface area contributed by atoms with Crippen LogP contribution in [0.1, 0.15) is 12.8 Å². The molecule has 2 aromatic rings. The summed E-state index contributed by atoms with van der Waals surface area (Å²) in [5.41, 5.74) is 0. The highest BCUT2D eigenvalue weighted by Gasteiger charge is 2.18. The molecule has 0 aliphatic carbocycles. The summed E-state index contributed by atoms with van der Waals surface area (Å²) < 4.78 is 51.5. The molecule has 1 fully saturated rings. The van der Waals surface area contributed by atoms with Gasteiger partial charge >= 0.3 is 0 Å². The van der Waals surface area contributed by atoms with Crippen LogP contribution in [0, 0.1) is 23.4 Å². The molecule has 1 unspecified atom stereocenters. The molecule has 2 aromatic carbocycles. The molecule has 0 aromatic heterocycles. The van der Waals surface area contributed by atoms with E-state index in [1.165, 1.54) is 24.3 Å². The summed E-state index contributed by atoms with van der Waals surface area (Å²) in [5.74, 6) is -2.07. The highest BCUT2D eigenvalue weighted by molar-refractivity contribution is 5.44. The maximum Gasteiger partial charge on any atom is 0.197 e. The van der Waals surface area contributed by atoms with E-state index in [1.54, 1.807) is 0 Å². The van der Waals surface area contributed by atoms with E-state index in [1.807, 2.05) is 0 Å². The molecule has 6 heteroatoms. The van der Waals surface area contributed by atoms with E-state index in [2.05, 4.69) is 5.32 Å². The smallest absolute Gasteiger partial charge is 0.197 e. The summed E-state index contributed by atoms with van der Waals surface area (Å²) in [5, 5.41) is 3.27. The van der Waals surface area contributed by atoms with Gasteiger partial charge in [-0.15, -0.1) is 0 Å². The third-order valence-electron chi connectivity index (χ3n) is 3.91. The predicted octanol–water partition coefficient (Wildman–Crippen LogP) is 4.27. The second kappa shape index (κ2) is 7.57. The van der Waals surface area contributed by atoms with Gasteiger partial charge in [-0.1, -0.05) is 6.07 Å². The quantitative estimate of drug-likeness (QED) is 0.884. The zero-order chi connectivity index (χ0) is 16.9. The largest absolute Gasteiger partial charge is 0.487 e. The maximum absolute atomic E-state index is 14.1. The Labute approximate surface area is 138 Å². The van der Waals surface area contributed by atoms with Crippen LogP contribution in [-0.4, -0.2) is 19.7 Å². The van der Waals surface area contributed by atoms with Gasteiger partial charge in [-0.05, 0) is 43.7 Å². The average Bonchev–Trinajstić information content (AvgIpc) is 2.59. The monoisotopic (exact) mass is 337 g/mol. The summed E-state index contributed by atoms with van der Waals surface area (Å²) in [4.78, 5) is 0. The molecule has 3 nitrogen and oxygen atoms in total. The summed E-state index contributed by atoms with van der Waals surface area (Å²) in [6.45, 7) is 2.18. The molecule has 1 aliphatic heterocycles. The lowest BCUT2D eigenvalue weighted by molar-refractivity contribution is 0.206. The van der Waals surface area contributed by atoms with Crippen molar-refractivity contribution >= 4 is 0 Å². The van der Waals surface area contributed by atoms with Crippen molar-refractivity contribution < 1.29 is 22.6 Å². The van der Waals surface area contributed by atoms with E-state index in [0.29, 0.717) is 12.5 Å². The van der Waals surface area contributed by atoms with Crippen molar-refractivity contribution in [1.82, 2.24) is 5.32 Å². The van der Waals surface area contributed by atoms with Crippen LogP contribution in [0.2, 0.25) is 0 Å². The van der Waals surface area contributed by atoms with Crippen molar-refractivity contribution in [3.63, 3.8) is 0 Å². The van der Waals surface area contributed by atoms with Crippen molar-refractivity contribution in [3.05, 3.63) is 53.8 Å². The van der Waals surface area contributed by atoms with E-state index in [0.717, 1.165) is 38.1 Å². The molecule has 1 N–H and O–H groups in total. The topological polar surface area (TPSA) is 30.5 Å². The number of piperidine rings is 1. The Balaban J connectivity index is 1.74. The molecule has 0 amide bonds. The number of hydrogen-bond acceptors (Lipinski definition) is 3. The zero-order valence-electron chi connectivity index (χ0n) is 13.0. The van der Waals surface area contributed by atoms with Crippen LogP contribution < -0.4 is 14.8 Å². The minimum atomic E-state index is -1.03. The first-order valence-corrected chi connectivity index (χ1v) is 7.88. The van der Waals surface area contributed by atoms with E-state index in [4.69, 9.17) is 9.47 Å². The first-order chi connectivity index (χ1) is 11.6. The molecule has 1 heterocycles. The number of rotatable bonds is 5. The van der Waals surface area contributed by atoms with Crippen LogP contribution in [0.3, 0.4) is 0 Å². The summed E-state index contributed by atoms with van der Waals surface area (Å²) >= 11 is 0. The van der Waals surface area contributed by atoms with Gasteiger partial charge in [0.05, 0.1) is 6.61 Å².